The van der Waals surface area contributed by atoms with Crippen molar-refractivity contribution in [2.75, 3.05) is 12.4 Å². The van der Waals surface area contributed by atoms with Gasteiger partial charge >= 0.3 is 0 Å². The van der Waals surface area contributed by atoms with Crippen molar-refractivity contribution in [3.8, 4) is 5.75 Å². The van der Waals surface area contributed by atoms with Gasteiger partial charge in [-0.3, -0.25) is 0 Å². The van der Waals surface area contributed by atoms with Gasteiger partial charge in [0.25, 0.3) is 0 Å². The van der Waals surface area contributed by atoms with Gasteiger partial charge in [0.05, 0.1) is 6.61 Å². The van der Waals surface area contributed by atoms with Crippen molar-refractivity contribution in [1.29, 1.82) is 0 Å². The number of aliphatic hydroxyl groups is 2. The van der Waals surface area contributed by atoms with E-state index in [1.165, 1.54) is 22.3 Å². The van der Waals surface area contributed by atoms with Crippen LogP contribution in [0, 0.1) is 20.8 Å². The summed E-state index contributed by atoms with van der Waals surface area (Å²) in [7, 11) is 0. The molecule has 0 spiro atoms. The molecule has 1 aromatic carbocycles. The first kappa shape index (κ1) is 28.0. The highest BCUT2D eigenvalue weighted by Gasteiger charge is 2.34. The number of nitrogens with two attached hydrogens (primary N) is 1. The predicted molar refractivity (Wildman–Crippen MR) is 121 cm³/mol. The standard InChI is InChI=1S/C15H21NO.C3H8O.C2H6OS.C2H6/c1-9-8-10(2)13-6-7-15(5,12(4)16)17-14(13)11(9)3;1-3(2)4;3-1-2-4;1-2/h8H,4,6-7,16H2,1-3,5H3;3-4H,1-2H3;3-4H,1-2H2;1-2H3. The molecule has 158 valence electrons. The second-order valence-electron chi connectivity index (χ2n) is 6.84. The molecule has 1 unspecified atom stereocenters. The first-order valence-corrected chi connectivity index (χ1v) is 10.3. The van der Waals surface area contributed by atoms with Crippen molar-refractivity contribution >= 4 is 12.6 Å². The van der Waals surface area contributed by atoms with Gasteiger partial charge in [0.2, 0.25) is 0 Å². The third-order valence-corrected chi connectivity index (χ3v) is 4.27. The fourth-order valence-corrected chi connectivity index (χ4v) is 2.42. The Bertz CT molecular complexity index is 568. The fraction of sp³-hybridized carbons (Fsp3) is 0.636. The van der Waals surface area contributed by atoms with Crippen molar-refractivity contribution < 1.29 is 14.9 Å². The highest BCUT2D eigenvalue weighted by Crippen LogP contribution is 2.40. The highest BCUT2D eigenvalue weighted by atomic mass is 32.1. The van der Waals surface area contributed by atoms with Crippen LogP contribution in [0.5, 0.6) is 5.75 Å². The smallest absolute Gasteiger partial charge is 0.145 e. The summed E-state index contributed by atoms with van der Waals surface area (Å²) < 4.78 is 6.15. The van der Waals surface area contributed by atoms with Gasteiger partial charge in [-0.2, -0.15) is 12.6 Å². The molecule has 2 rings (SSSR count). The van der Waals surface area contributed by atoms with Gasteiger partial charge in [-0.15, -0.1) is 0 Å². The molecule has 0 saturated heterocycles. The summed E-state index contributed by atoms with van der Waals surface area (Å²) in [6, 6.07) is 2.23. The quantitative estimate of drug-likeness (QED) is 0.553. The maximum atomic E-state index is 8.06. The second-order valence-corrected chi connectivity index (χ2v) is 7.29. The Labute approximate surface area is 172 Å². The molecule has 0 saturated carbocycles. The molecule has 5 heteroatoms. The molecular weight excluding hydrogens is 358 g/mol. The zero-order chi connectivity index (χ0) is 21.8. The number of benzene rings is 1. The van der Waals surface area contributed by atoms with Crippen LogP contribution in [-0.2, 0) is 6.42 Å². The van der Waals surface area contributed by atoms with Crippen molar-refractivity contribution in [2.45, 2.75) is 79.9 Å². The van der Waals surface area contributed by atoms with Crippen LogP contribution in [0.25, 0.3) is 0 Å². The van der Waals surface area contributed by atoms with E-state index < -0.39 is 5.60 Å². The lowest BCUT2D eigenvalue weighted by Gasteiger charge is -2.37. The van der Waals surface area contributed by atoms with Gasteiger partial charge in [-0.05, 0) is 76.6 Å². The first-order valence-electron chi connectivity index (χ1n) is 9.63. The third kappa shape index (κ3) is 9.54. The molecule has 0 bridgehead atoms. The monoisotopic (exact) mass is 399 g/mol. The lowest BCUT2D eigenvalue weighted by molar-refractivity contribution is 0.0995. The Morgan fingerprint density at radius 2 is 1.74 bits per heavy atom. The Morgan fingerprint density at radius 1 is 1.30 bits per heavy atom. The topological polar surface area (TPSA) is 75.7 Å². The highest BCUT2D eigenvalue weighted by molar-refractivity contribution is 7.80. The summed E-state index contributed by atoms with van der Waals surface area (Å²) in [5.74, 6) is 1.59. The van der Waals surface area contributed by atoms with E-state index in [2.05, 4.69) is 46.0 Å². The molecule has 4 N–H and O–H groups in total. The van der Waals surface area contributed by atoms with Crippen molar-refractivity contribution in [3.63, 3.8) is 0 Å². The fourth-order valence-electron chi connectivity index (χ4n) is 2.42. The zero-order valence-electron chi connectivity index (χ0n) is 18.5. The van der Waals surface area contributed by atoms with Gasteiger partial charge < -0.3 is 20.7 Å². The van der Waals surface area contributed by atoms with Crippen molar-refractivity contribution in [2.24, 2.45) is 5.73 Å². The molecule has 0 fully saturated rings. The molecule has 27 heavy (non-hydrogen) atoms. The molecule has 1 heterocycles. The van der Waals surface area contributed by atoms with Gasteiger partial charge in [-0.25, -0.2) is 0 Å². The molecule has 0 aliphatic carbocycles. The number of hydrogen-bond acceptors (Lipinski definition) is 5. The minimum absolute atomic E-state index is 0.167. The molecular formula is C22H41NO3S. The minimum atomic E-state index is -0.419. The summed E-state index contributed by atoms with van der Waals surface area (Å²) in [6.45, 7) is 19.9. The van der Waals surface area contributed by atoms with Gasteiger partial charge in [0.15, 0.2) is 0 Å². The van der Waals surface area contributed by atoms with Crippen LogP contribution in [0.1, 0.15) is 63.3 Å². The summed E-state index contributed by atoms with van der Waals surface area (Å²) in [5.41, 5.74) is 11.2. The zero-order valence-corrected chi connectivity index (χ0v) is 19.4. The van der Waals surface area contributed by atoms with Gasteiger partial charge in [0, 0.05) is 17.6 Å². The lowest BCUT2D eigenvalue weighted by atomic mass is 9.86. The van der Waals surface area contributed by atoms with Crippen LogP contribution in [0.4, 0.5) is 0 Å². The molecule has 1 atom stereocenters. The van der Waals surface area contributed by atoms with E-state index in [4.69, 9.17) is 20.7 Å². The molecule has 1 aliphatic heterocycles. The van der Waals surface area contributed by atoms with E-state index in [9.17, 15) is 0 Å². The molecule has 0 amide bonds. The van der Waals surface area contributed by atoms with E-state index in [-0.39, 0.29) is 12.7 Å². The van der Waals surface area contributed by atoms with Crippen LogP contribution < -0.4 is 10.5 Å². The average molecular weight is 400 g/mol. The second kappa shape index (κ2) is 13.9. The number of aryl methyl sites for hydroxylation is 2. The molecule has 4 nitrogen and oxygen atoms in total. The number of ether oxygens (including phenoxy) is 1. The summed E-state index contributed by atoms with van der Waals surface area (Å²) in [5, 5.41) is 15.9. The SMILES string of the molecule is C=C(N)C1(C)CCc2c(C)cc(C)c(C)c2O1.CC.CC(C)O.OCCS. The Hall–Kier alpha value is -1.17. The number of aliphatic hydroxyl groups excluding tert-OH is 2. The summed E-state index contributed by atoms with van der Waals surface area (Å²) >= 11 is 3.67. The van der Waals surface area contributed by atoms with Crippen molar-refractivity contribution in [3.05, 3.63) is 40.6 Å². The number of hydrogen-bond donors (Lipinski definition) is 4. The molecule has 1 aliphatic rings. The van der Waals surface area contributed by atoms with Crippen molar-refractivity contribution in [1.82, 2.24) is 0 Å². The summed E-state index contributed by atoms with van der Waals surface area (Å²) in [4.78, 5) is 0. The number of thiol groups is 1. The number of rotatable bonds is 2. The van der Waals surface area contributed by atoms with Crippen LogP contribution in [0.3, 0.4) is 0 Å². The Kier molecular flexibility index (Phi) is 14.5. The third-order valence-electron chi connectivity index (χ3n) is 4.07. The Balaban J connectivity index is 0. The van der Waals surface area contributed by atoms with E-state index in [0.717, 1.165) is 18.6 Å². The first-order chi connectivity index (χ1) is 12.5. The van der Waals surface area contributed by atoms with E-state index in [0.29, 0.717) is 11.4 Å². The lowest BCUT2D eigenvalue weighted by Crippen LogP contribution is -2.41. The van der Waals surface area contributed by atoms with Gasteiger partial charge in [-0.1, -0.05) is 26.5 Å². The maximum Gasteiger partial charge on any atom is 0.145 e. The van der Waals surface area contributed by atoms with Crippen LogP contribution in [0.15, 0.2) is 18.3 Å². The minimum Gasteiger partial charge on any atom is -0.481 e. The predicted octanol–water partition coefficient (Wildman–Crippen LogP) is 4.49. The Morgan fingerprint density at radius 3 is 2.11 bits per heavy atom. The largest absolute Gasteiger partial charge is 0.481 e. The molecule has 1 aromatic rings. The van der Waals surface area contributed by atoms with Crippen LogP contribution >= 0.6 is 12.6 Å². The van der Waals surface area contributed by atoms with E-state index in [1.807, 2.05) is 20.8 Å². The van der Waals surface area contributed by atoms with Crippen LogP contribution in [-0.4, -0.2) is 34.3 Å². The maximum absolute atomic E-state index is 8.06. The van der Waals surface area contributed by atoms with Gasteiger partial charge in [0.1, 0.15) is 11.4 Å². The van der Waals surface area contributed by atoms with Crippen LogP contribution in [0.2, 0.25) is 0 Å². The summed E-state index contributed by atoms with van der Waals surface area (Å²) in [6.07, 6.45) is 1.74. The number of fused-ring (bicyclic) bond motifs is 1. The molecule has 0 radical (unpaired) electrons. The normalized spacial score (nSPS) is 17.0. The average Bonchev–Trinajstić information content (AvgIpc) is 2.61. The molecule has 0 aromatic heterocycles. The van der Waals surface area contributed by atoms with E-state index >= 15 is 0 Å². The van der Waals surface area contributed by atoms with E-state index in [1.54, 1.807) is 13.8 Å².